The number of nitrogens with zero attached hydrogens (tertiary/aromatic N) is 4. The van der Waals surface area contributed by atoms with Crippen LogP contribution in [0.15, 0.2) is 42.6 Å². The largest absolute Gasteiger partial charge is 0.435 e. The second kappa shape index (κ2) is 7.83. The van der Waals surface area contributed by atoms with Gasteiger partial charge in [0.05, 0.1) is 6.54 Å². The van der Waals surface area contributed by atoms with Crippen molar-refractivity contribution < 1.29 is 22.4 Å². The zero-order valence-corrected chi connectivity index (χ0v) is 14.9. The molecule has 0 aliphatic heterocycles. The lowest BCUT2D eigenvalue weighted by molar-refractivity contribution is -0.141. The number of nitrogens with one attached hydrogen (secondary N) is 1. The first kappa shape index (κ1) is 19.6. The Morgan fingerprint density at radius 2 is 1.96 bits per heavy atom. The summed E-state index contributed by atoms with van der Waals surface area (Å²) in [6.07, 6.45) is -2.95. The van der Waals surface area contributed by atoms with Crippen LogP contribution in [0.5, 0.6) is 0 Å². The summed E-state index contributed by atoms with van der Waals surface area (Å²) in [5.74, 6) is -0.449. The van der Waals surface area contributed by atoms with Crippen molar-refractivity contribution in [2.24, 2.45) is 0 Å². The molecule has 0 saturated carbocycles. The van der Waals surface area contributed by atoms with Crippen LogP contribution in [0.2, 0.25) is 0 Å². The van der Waals surface area contributed by atoms with Crippen molar-refractivity contribution in [1.29, 1.82) is 0 Å². The summed E-state index contributed by atoms with van der Waals surface area (Å²) in [6.45, 7) is 1.84. The summed E-state index contributed by atoms with van der Waals surface area (Å²) in [5.41, 5.74) is 0.0524. The van der Waals surface area contributed by atoms with Gasteiger partial charge in [0.2, 0.25) is 5.91 Å². The number of anilines is 1. The van der Waals surface area contributed by atoms with E-state index in [1.54, 1.807) is 24.4 Å². The SMILES string of the molecule is Cc1cc(C(F)(F)F)nn1CCC(=O)Nc1ccn(Cc2cccc(F)c2)n1. The summed E-state index contributed by atoms with van der Waals surface area (Å²) >= 11 is 0. The molecule has 0 saturated heterocycles. The van der Waals surface area contributed by atoms with Crippen LogP contribution in [-0.2, 0) is 24.1 Å². The minimum absolute atomic E-state index is 0.0117. The van der Waals surface area contributed by atoms with Gasteiger partial charge in [0.1, 0.15) is 5.82 Å². The molecule has 0 bridgehead atoms. The Kier molecular flexibility index (Phi) is 5.48. The smallest absolute Gasteiger partial charge is 0.309 e. The van der Waals surface area contributed by atoms with E-state index in [-0.39, 0.29) is 18.8 Å². The zero-order valence-electron chi connectivity index (χ0n) is 14.9. The van der Waals surface area contributed by atoms with Gasteiger partial charge >= 0.3 is 6.18 Å². The number of hydrogen-bond acceptors (Lipinski definition) is 3. The summed E-state index contributed by atoms with van der Waals surface area (Å²) in [5, 5.41) is 10.2. The van der Waals surface area contributed by atoms with E-state index in [1.165, 1.54) is 23.7 Å². The molecular formula is C18H17F4N5O. The van der Waals surface area contributed by atoms with Crippen LogP contribution < -0.4 is 5.32 Å². The highest BCUT2D eigenvalue weighted by molar-refractivity contribution is 5.89. The quantitative estimate of drug-likeness (QED) is 0.649. The lowest BCUT2D eigenvalue weighted by Crippen LogP contribution is -2.16. The number of carbonyl (C=O) groups is 1. The van der Waals surface area contributed by atoms with E-state index in [4.69, 9.17) is 0 Å². The minimum atomic E-state index is -4.52. The zero-order chi connectivity index (χ0) is 20.3. The Balaban J connectivity index is 1.54. The van der Waals surface area contributed by atoms with Crippen molar-refractivity contribution in [2.75, 3.05) is 5.32 Å². The molecule has 3 aromatic rings. The summed E-state index contributed by atoms with van der Waals surface area (Å²) < 4.78 is 53.9. The van der Waals surface area contributed by atoms with Gasteiger partial charge in [0.15, 0.2) is 11.5 Å². The fraction of sp³-hybridized carbons (Fsp3) is 0.278. The Bertz CT molecular complexity index is 977. The normalized spacial score (nSPS) is 11.6. The van der Waals surface area contributed by atoms with E-state index in [2.05, 4.69) is 15.5 Å². The average Bonchev–Trinajstić information content (AvgIpc) is 3.19. The number of amides is 1. The van der Waals surface area contributed by atoms with E-state index in [9.17, 15) is 22.4 Å². The minimum Gasteiger partial charge on any atom is -0.309 e. The molecule has 1 aromatic carbocycles. The van der Waals surface area contributed by atoms with Crippen molar-refractivity contribution in [2.45, 2.75) is 32.6 Å². The number of hydrogen-bond donors (Lipinski definition) is 1. The fourth-order valence-electron chi connectivity index (χ4n) is 2.63. The predicted molar refractivity (Wildman–Crippen MR) is 92.9 cm³/mol. The molecule has 0 atom stereocenters. The molecular weight excluding hydrogens is 378 g/mol. The predicted octanol–water partition coefficient (Wildman–Crippen LogP) is 3.62. The van der Waals surface area contributed by atoms with Crippen molar-refractivity contribution in [3.63, 3.8) is 0 Å². The third-order valence-corrected chi connectivity index (χ3v) is 3.96. The molecule has 6 nitrogen and oxygen atoms in total. The molecule has 3 rings (SSSR count). The Labute approximate surface area is 157 Å². The molecule has 0 spiro atoms. The van der Waals surface area contributed by atoms with Crippen molar-refractivity contribution >= 4 is 11.7 Å². The third kappa shape index (κ3) is 4.96. The second-order valence-electron chi connectivity index (χ2n) is 6.22. The first-order valence-electron chi connectivity index (χ1n) is 8.40. The highest BCUT2D eigenvalue weighted by atomic mass is 19.4. The van der Waals surface area contributed by atoms with Crippen LogP contribution in [0.4, 0.5) is 23.4 Å². The van der Waals surface area contributed by atoms with Crippen molar-refractivity contribution in [1.82, 2.24) is 19.6 Å². The number of rotatable bonds is 6. The first-order chi connectivity index (χ1) is 13.2. The van der Waals surface area contributed by atoms with E-state index in [0.29, 0.717) is 18.1 Å². The average molecular weight is 395 g/mol. The van der Waals surface area contributed by atoms with Crippen LogP contribution in [-0.4, -0.2) is 25.5 Å². The van der Waals surface area contributed by atoms with Gasteiger partial charge in [-0.1, -0.05) is 12.1 Å². The van der Waals surface area contributed by atoms with Gasteiger partial charge in [-0.05, 0) is 30.7 Å². The Hall–Kier alpha value is -3.17. The maximum absolute atomic E-state index is 13.2. The molecule has 28 heavy (non-hydrogen) atoms. The number of halogens is 4. The standard InChI is InChI=1S/C18H17F4N5O/c1-12-9-15(18(20,21)22)24-27(12)8-6-17(28)23-16-5-7-26(25-16)11-13-3-2-4-14(19)10-13/h2-5,7,9-10H,6,8,11H2,1H3,(H,23,25,28). The van der Waals surface area contributed by atoms with Crippen LogP contribution in [0, 0.1) is 12.7 Å². The molecule has 1 N–H and O–H groups in total. The van der Waals surface area contributed by atoms with Gasteiger partial charge in [-0.3, -0.25) is 14.2 Å². The lowest BCUT2D eigenvalue weighted by atomic mass is 10.2. The maximum Gasteiger partial charge on any atom is 0.435 e. The molecule has 0 aliphatic carbocycles. The molecule has 1 amide bonds. The molecule has 10 heteroatoms. The Morgan fingerprint density at radius 3 is 2.64 bits per heavy atom. The summed E-state index contributed by atoms with van der Waals surface area (Å²) in [4.78, 5) is 12.0. The number of benzene rings is 1. The van der Waals surface area contributed by atoms with E-state index < -0.39 is 17.8 Å². The molecule has 148 valence electrons. The monoisotopic (exact) mass is 395 g/mol. The van der Waals surface area contributed by atoms with Gasteiger partial charge in [-0.25, -0.2) is 4.39 Å². The van der Waals surface area contributed by atoms with E-state index in [1.807, 2.05) is 0 Å². The van der Waals surface area contributed by atoms with Crippen LogP contribution in [0.25, 0.3) is 0 Å². The molecule has 2 heterocycles. The van der Waals surface area contributed by atoms with Gasteiger partial charge < -0.3 is 5.32 Å². The molecule has 0 aliphatic rings. The first-order valence-corrected chi connectivity index (χ1v) is 8.40. The molecule has 0 fully saturated rings. The topological polar surface area (TPSA) is 64.7 Å². The maximum atomic E-state index is 13.2. The van der Waals surface area contributed by atoms with Crippen molar-refractivity contribution in [3.05, 3.63) is 65.4 Å². The molecule has 0 radical (unpaired) electrons. The number of alkyl halides is 3. The summed E-state index contributed by atoms with van der Waals surface area (Å²) in [7, 11) is 0. The molecule has 2 aromatic heterocycles. The third-order valence-electron chi connectivity index (χ3n) is 3.96. The van der Waals surface area contributed by atoms with Gasteiger partial charge in [0, 0.05) is 30.9 Å². The number of aryl methyl sites for hydroxylation is 2. The van der Waals surface area contributed by atoms with E-state index >= 15 is 0 Å². The summed E-state index contributed by atoms with van der Waals surface area (Å²) in [6, 6.07) is 8.60. The number of aromatic nitrogens is 4. The second-order valence-corrected chi connectivity index (χ2v) is 6.22. The van der Waals surface area contributed by atoms with Gasteiger partial charge in [-0.2, -0.15) is 23.4 Å². The Morgan fingerprint density at radius 1 is 1.18 bits per heavy atom. The van der Waals surface area contributed by atoms with Crippen LogP contribution in [0.1, 0.15) is 23.4 Å². The van der Waals surface area contributed by atoms with E-state index in [0.717, 1.165) is 16.3 Å². The van der Waals surface area contributed by atoms with Gasteiger partial charge in [-0.15, -0.1) is 0 Å². The highest BCUT2D eigenvalue weighted by Gasteiger charge is 2.34. The number of carbonyl (C=O) groups excluding carboxylic acids is 1. The van der Waals surface area contributed by atoms with Crippen LogP contribution >= 0.6 is 0 Å². The molecule has 0 unspecified atom stereocenters. The lowest BCUT2D eigenvalue weighted by Gasteiger charge is -2.05. The fourth-order valence-corrected chi connectivity index (χ4v) is 2.63. The van der Waals surface area contributed by atoms with Gasteiger partial charge in [0.25, 0.3) is 0 Å². The van der Waals surface area contributed by atoms with Crippen molar-refractivity contribution in [3.8, 4) is 0 Å². The van der Waals surface area contributed by atoms with Crippen LogP contribution in [0.3, 0.4) is 0 Å². The highest BCUT2D eigenvalue weighted by Crippen LogP contribution is 2.28.